The van der Waals surface area contributed by atoms with Crippen LogP contribution in [0.25, 0.3) is 0 Å². The van der Waals surface area contributed by atoms with Crippen molar-refractivity contribution in [1.82, 2.24) is 0 Å². The number of sulfonamides is 1. The molecule has 0 aliphatic carbocycles. The smallest absolute Gasteiger partial charge is 0.261 e. The van der Waals surface area contributed by atoms with Crippen LogP contribution in [0.4, 0.5) is 5.69 Å². The Morgan fingerprint density at radius 1 is 1.05 bits per heavy atom. The summed E-state index contributed by atoms with van der Waals surface area (Å²) in [6, 6.07) is 13.5. The summed E-state index contributed by atoms with van der Waals surface area (Å²) >= 11 is 0. The van der Waals surface area contributed by atoms with E-state index in [-0.39, 0.29) is 4.90 Å². The minimum atomic E-state index is -3.58. The van der Waals surface area contributed by atoms with Gasteiger partial charge in [0.15, 0.2) is 0 Å². The van der Waals surface area contributed by atoms with E-state index in [0.29, 0.717) is 24.7 Å². The fourth-order valence-corrected chi connectivity index (χ4v) is 3.02. The van der Waals surface area contributed by atoms with Gasteiger partial charge in [-0.05, 0) is 48.9 Å². The van der Waals surface area contributed by atoms with Gasteiger partial charge in [0.25, 0.3) is 10.0 Å². The van der Waals surface area contributed by atoms with Gasteiger partial charge in [0, 0.05) is 12.8 Å². The predicted octanol–water partition coefficient (Wildman–Crippen LogP) is 2.82. The van der Waals surface area contributed by atoms with Crippen molar-refractivity contribution >= 4 is 15.7 Å². The second kappa shape index (κ2) is 7.29. The maximum atomic E-state index is 12.3. The van der Waals surface area contributed by atoms with Crippen LogP contribution < -0.4 is 9.46 Å². The van der Waals surface area contributed by atoms with E-state index in [2.05, 4.69) is 4.72 Å². The maximum Gasteiger partial charge on any atom is 0.261 e. The molecule has 5 nitrogen and oxygen atoms in total. The molecule has 0 aliphatic heterocycles. The van der Waals surface area contributed by atoms with Gasteiger partial charge in [-0.15, -0.1) is 0 Å². The fourth-order valence-electron chi connectivity index (χ4n) is 1.86. The lowest BCUT2D eigenvalue weighted by molar-refractivity contribution is 0.146. The highest BCUT2D eigenvalue weighted by molar-refractivity contribution is 7.92. The molecule has 0 saturated heterocycles. The summed E-state index contributed by atoms with van der Waals surface area (Å²) < 4.78 is 37.5. The first kappa shape index (κ1) is 16.3. The lowest BCUT2D eigenvalue weighted by Gasteiger charge is -2.10. The van der Waals surface area contributed by atoms with Crippen LogP contribution in [0.3, 0.4) is 0 Å². The summed E-state index contributed by atoms with van der Waals surface area (Å²) in [6.07, 6.45) is 0. The molecule has 0 aromatic heterocycles. The zero-order valence-corrected chi connectivity index (χ0v) is 13.4. The highest BCUT2D eigenvalue weighted by Crippen LogP contribution is 2.20. The van der Waals surface area contributed by atoms with E-state index in [1.165, 1.54) is 0 Å². The summed E-state index contributed by atoms with van der Waals surface area (Å²) in [7, 11) is -1.98. The molecule has 0 aliphatic rings. The molecule has 6 heteroatoms. The number of anilines is 1. The monoisotopic (exact) mass is 321 g/mol. The van der Waals surface area contributed by atoms with E-state index >= 15 is 0 Å². The first-order valence-corrected chi connectivity index (χ1v) is 8.31. The van der Waals surface area contributed by atoms with E-state index in [4.69, 9.17) is 9.47 Å². The molecule has 0 bridgehead atoms. The lowest BCUT2D eigenvalue weighted by atomic mass is 10.2. The normalized spacial score (nSPS) is 11.2. The molecular weight excluding hydrogens is 302 g/mol. The van der Waals surface area contributed by atoms with Gasteiger partial charge in [-0.1, -0.05) is 12.1 Å². The number of aryl methyl sites for hydroxylation is 1. The van der Waals surface area contributed by atoms with Crippen LogP contribution in [-0.2, 0) is 14.8 Å². The van der Waals surface area contributed by atoms with Crippen molar-refractivity contribution in [3.63, 3.8) is 0 Å². The number of nitrogens with one attached hydrogen (secondary N) is 1. The first-order chi connectivity index (χ1) is 10.5. The SMILES string of the molecule is COCCOc1ccc(NS(=O)(=O)c2cccc(C)c2)cc1. The number of ether oxygens (including phenoxy) is 2. The summed E-state index contributed by atoms with van der Waals surface area (Å²) in [5.41, 5.74) is 1.38. The van der Waals surface area contributed by atoms with Gasteiger partial charge in [0.1, 0.15) is 12.4 Å². The van der Waals surface area contributed by atoms with Crippen LogP contribution in [0, 0.1) is 6.92 Å². The molecule has 0 heterocycles. The van der Waals surface area contributed by atoms with Gasteiger partial charge in [-0.25, -0.2) is 8.42 Å². The second-order valence-corrected chi connectivity index (χ2v) is 6.47. The minimum Gasteiger partial charge on any atom is -0.491 e. The molecule has 0 atom stereocenters. The van der Waals surface area contributed by atoms with Crippen LogP contribution in [0.15, 0.2) is 53.4 Å². The Hall–Kier alpha value is -2.05. The van der Waals surface area contributed by atoms with Crippen LogP contribution in [0.5, 0.6) is 5.75 Å². The lowest BCUT2D eigenvalue weighted by Crippen LogP contribution is -2.13. The Bertz CT molecular complexity index is 711. The largest absolute Gasteiger partial charge is 0.491 e. The molecule has 2 aromatic carbocycles. The number of benzene rings is 2. The molecule has 22 heavy (non-hydrogen) atoms. The van der Waals surface area contributed by atoms with E-state index in [9.17, 15) is 8.42 Å². The Labute approximate surface area is 130 Å². The quantitative estimate of drug-likeness (QED) is 0.797. The van der Waals surface area contributed by atoms with Crippen LogP contribution in [-0.4, -0.2) is 28.7 Å². The molecule has 0 radical (unpaired) electrons. The molecule has 2 rings (SSSR count). The third-order valence-electron chi connectivity index (χ3n) is 2.96. The molecule has 0 spiro atoms. The highest BCUT2D eigenvalue weighted by Gasteiger charge is 2.14. The standard InChI is InChI=1S/C16H19NO4S/c1-13-4-3-5-16(12-13)22(18,19)17-14-6-8-15(9-7-14)21-11-10-20-2/h3-9,12,17H,10-11H2,1-2H3. The van der Waals surface area contributed by atoms with E-state index in [1.807, 2.05) is 13.0 Å². The summed E-state index contributed by atoms with van der Waals surface area (Å²) in [6.45, 7) is 2.80. The third kappa shape index (κ3) is 4.47. The number of methoxy groups -OCH3 is 1. The Morgan fingerprint density at radius 3 is 2.41 bits per heavy atom. The van der Waals surface area contributed by atoms with Crippen LogP contribution in [0.2, 0.25) is 0 Å². The number of hydrogen-bond acceptors (Lipinski definition) is 4. The molecule has 0 unspecified atom stereocenters. The van der Waals surface area contributed by atoms with Gasteiger partial charge in [0.05, 0.1) is 11.5 Å². The van der Waals surface area contributed by atoms with Crippen molar-refractivity contribution in [3.05, 3.63) is 54.1 Å². The average Bonchev–Trinajstić information content (AvgIpc) is 2.49. The van der Waals surface area contributed by atoms with E-state index in [0.717, 1.165) is 5.56 Å². The van der Waals surface area contributed by atoms with Crippen molar-refractivity contribution < 1.29 is 17.9 Å². The van der Waals surface area contributed by atoms with Crippen LogP contribution >= 0.6 is 0 Å². The third-order valence-corrected chi connectivity index (χ3v) is 4.34. The topological polar surface area (TPSA) is 64.6 Å². The fraction of sp³-hybridized carbons (Fsp3) is 0.250. The van der Waals surface area contributed by atoms with Crippen molar-refractivity contribution in [2.75, 3.05) is 25.0 Å². The summed E-state index contributed by atoms with van der Waals surface area (Å²) in [5, 5.41) is 0. The van der Waals surface area contributed by atoms with Crippen LogP contribution in [0.1, 0.15) is 5.56 Å². The van der Waals surface area contributed by atoms with Gasteiger partial charge in [-0.3, -0.25) is 4.72 Å². The first-order valence-electron chi connectivity index (χ1n) is 6.82. The number of rotatable bonds is 7. The van der Waals surface area contributed by atoms with Crippen molar-refractivity contribution in [2.45, 2.75) is 11.8 Å². The molecule has 118 valence electrons. The van der Waals surface area contributed by atoms with E-state index < -0.39 is 10.0 Å². The van der Waals surface area contributed by atoms with Crippen molar-refractivity contribution in [3.8, 4) is 5.75 Å². The molecular formula is C16H19NO4S. The predicted molar refractivity (Wildman–Crippen MR) is 85.8 cm³/mol. The van der Waals surface area contributed by atoms with Crippen molar-refractivity contribution in [1.29, 1.82) is 0 Å². The highest BCUT2D eigenvalue weighted by atomic mass is 32.2. The van der Waals surface area contributed by atoms with Gasteiger partial charge < -0.3 is 9.47 Å². The van der Waals surface area contributed by atoms with Gasteiger partial charge >= 0.3 is 0 Å². The Morgan fingerprint density at radius 2 is 1.77 bits per heavy atom. The molecule has 1 N–H and O–H groups in total. The van der Waals surface area contributed by atoms with Crippen molar-refractivity contribution in [2.24, 2.45) is 0 Å². The molecule has 2 aromatic rings. The summed E-state index contributed by atoms with van der Waals surface area (Å²) in [5.74, 6) is 0.663. The molecule has 0 fully saturated rings. The van der Waals surface area contributed by atoms with E-state index in [1.54, 1.807) is 49.6 Å². The Balaban J connectivity index is 2.06. The Kier molecular flexibility index (Phi) is 5.41. The zero-order valence-electron chi connectivity index (χ0n) is 12.6. The average molecular weight is 321 g/mol. The van der Waals surface area contributed by atoms with Gasteiger partial charge in [0.2, 0.25) is 0 Å². The number of hydrogen-bond donors (Lipinski definition) is 1. The minimum absolute atomic E-state index is 0.243. The zero-order chi connectivity index (χ0) is 16.0. The van der Waals surface area contributed by atoms with Gasteiger partial charge in [-0.2, -0.15) is 0 Å². The molecule has 0 amide bonds. The molecule has 0 saturated carbocycles. The summed E-state index contributed by atoms with van der Waals surface area (Å²) in [4.78, 5) is 0.243. The second-order valence-electron chi connectivity index (χ2n) is 4.79. The maximum absolute atomic E-state index is 12.3.